The van der Waals surface area contributed by atoms with Crippen molar-refractivity contribution in [1.29, 1.82) is 0 Å². The Morgan fingerprint density at radius 2 is 1.87 bits per heavy atom. The van der Waals surface area contributed by atoms with E-state index >= 15 is 0 Å². The number of carboxylic acids is 2. The molecule has 0 saturated heterocycles. The highest BCUT2D eigenvalue weighted by Gasteiger charge is 2.50. The fraction of sp³-hybridized carbons (Fsp3) is 0.250. The lowest BCUT2D eigenvalue weighted by Crippen LogP contribution is -2.44. The number of nitrogens with one attached hydrogen (secondary N) is 1. The number of aromatic nitrogens is 1. The van der Waals surface area contributed by atoms with E-state index in [1.807, 2.05) is 48.5 Å². The zero-order valence-electron chi connectivity index (χ0n) is 16.6. The van der Waals surface area contributed by atoms with E-state index in [9.17, 15) is 19.8 Å². The van der Waals surface area contributed by atoms with Crippen molar-refractivity contribution in [2.24, 2.45) is 5.41 Å². The average molecular weight is 405 g/mol. The Bertz CT molecular complexity index is 1130. The highest BCUT2D eigenvalue weighted by molar-refractivity contribution is 5.94. The minimum Gasteiger partial charge on any atom is -0.489 e. The molecule has 3 N–H and O–H groups in total. The second kappa shape index (κ2) is 7.37. The molecule has 0 bridgehead atoms. The van der Waals surface area contributed by atoms with Gasteiger partial charge in [-0.2, -0.15) is 0 Å². The maximum Gasteiger partial charge on any atom is 0.314 e. The zero-order valence-corrected chi connectivity index (χ0v) is 16.6. The molecule has 3 aromatic rings. The number of rotatable bonds is 6. The second-order valence-electron chi connectivity index (χ2n) is 8.08. The molecule has 0 spiro atoms. The quantitative estimate of drug-likeness (QED) is 0.524. The molecule has 1 aliphatic carbocycles. The number of benzene rings is 2. The van der Waals surface area contributed by atoms with E-state index < -0.39 is 22.8 Å². The molecule has 1 heterocycles. The first kappa shape index (κ1) is 19.8. The SMILES string of the molecule is CC1(C(=O)O)C=CCC(C(=O)O)(c2c[nH]c3ccc(OCc4ccccc4)cc23)C1. The topological polar surface area (TPSA) is 99.6 Å². The molecule has 4 rings (SSSR count). The standard InChI is InChI=1S/C24H23NO5/c1-23(21(26)27)10-5-11-24(15-23,22(28)29)19-13-25-20-9-8-17(12-18(19)20)30-14-16-6-3-2-4-7-16/h2-10,12-13,25H,11,14-15H2,1H3,(H,26,27)(H,28,29). The van der Waals surface area contributed by atoms with E-state index in [1.165, 1.54) is 0 Å². The maximum absolute atomic E-state index is 12.5. The third kappa shape index (κ3) is 3.34. The minimum absolute atomic E-state index is 0.0246. The molecule has 30 heavy (non-hydrogen) atoms. The number of fused-ring (bicyclic) bond motifs is 1. The summed E-state index contributed by atoms with van der Waals surface area (Å²) < 4.78 is 5.92. The zero-order chi connectivity index (χ0) is 21.4. The molecule has 154 valence electrons. The molecule has 2 aromatic carbocycles. The van der Waals surface area contributed by atoms with E-state index in [1.54, 1.807) is 25.3 Å². The van der Waals surface area contributed by atoms with Crippen molar-refractivity contribution in [3.8, 4) is 5.75 Å². The first-order valence-electron chi connectivity index (χ1n) is 9.77. The van der Waals surface area contributed by atoms with Crippen LogP contribution in [0, 0.1) is 5.41 Å². The number of hydrogen-bond donors (Lipinski definition) is 3. The molecule has 0 saturated carbocycles. The van der Waals surface area contributed by atoms with Crippen molar-refractivity contribution in [2.45, 2.75) is 31.8 Å². The largest absolute Gasteiger partial charge is 0.489 e. The lowest BCUT2D eigenvalue weighted by Gasteiger charge is -2.38. The summed E-state index contributed by atoms with van der Waals surface area (Å²) in [4.78, 5) is 27.4. The summed E-state index contributed by atoms with van der Waals surface area (Å²) in [5, 5.41) is 20.6. The Labute approximate surface area is 173 Å². The van der Waals surface area contributed by atoms with E-state index in [4.69, 9.17) is 4.74 Å². The fourth-order valence-corrected chi connectivity index (χ4v) is 4.23. The Hall–Kier alpha value is -3.54. The molecule has 6 nitrogen and oxygen atoms in total. The van der Waals surface area contributed by atoms with Crippen LogP contribution in [0.5, 0.6) is 5.75 Å². The van der Waals surface area contributed by atoms with Gasteiger partial charge in [-0.05, 0) is 49.1 Å². The van der Waals surface area contributed by atoms with E-state index in [-0.39, 0.29) is 12.8 Å². The Kier molecular flexibility index (Phi) is 4.86. The van der Waals surface area contributed by atoms with Gasteiger partial charge in [0.05, 0.1) is 10.8 Å². The minimum atomic E-state index is -1.34. The monoisotopic (exact) mass is 405 g/mol. The van der Waals surface area contributed by atoms with Crippen LogP contribution in [0.1, 0.15) is 30.9 Å². The molecule has 2 atom stereocenters. The number of allylic oxidation sites excluding steroid dienone is 1. The van der Waals surface area contributed by atoms with Crippen molar-refractivity contribution in [3.05, 3.63) is 78.0 Å². The van der Waals surface area contributed by atoms with Gasteiger partial charge in [0, 0.05) is 17.1 Å². The summed E-state index contributed by atoms with van der Waals surface area (Å²) in [6, 6.07) is 15.3. The average Bonchev–Trinajstić information content (AvgIpc) is 3.16. The van der Waals surface area contributed by atoms with Crippen LogP contribution in [0.15, 0.2) is 66.9 Å². The molecule has 0 fully saturated rings. The second-order valence-corrected chi connectivity index (χ2v) is 8.08. The number of H-pyrrole nitrogens is 1. The van der Waals surface area contributed by atoms with E-state index in [0.29, 0.717) is 17.9 Å². The van der Waals surface area contributed by atoms with Crippen LogP contribution >= 0.6 is 0 Å². The van der Waals surface area contributed by atoms with Crippen molar-refractivity contribution >= 4 is 22.8 Å². The Morgan fingerprint density at radius 3 is 2.57 bits per heavy atom. The number of carboxylic acid groups (broad SMARTS) is 2. The van der Waals surface area contributed by atoms with Gasteiger partial charge in [-0.15, -0.1) is 0 Å². The van der Waals surface area contributed by atoms with Crippen LogP contribution in [0.25, 0.3) is 10.9 Å². The third-order valence-electron chi connectivity index (χ3n) is 5.94. The molecule has 1 aromatic heterocycles. The van der Waals surface area contributed by atoms with Gasteiger partial charge < -0.3 is 19.9 Å². The number of aromatic amines is 1. The van der Waals surface area contributed by atoms with Crippen molar-refractivity contribution < 1.29 is 24.5 Å². The number of carbonyl (C=O) groups is 2. The van der Waals surface area contributed by atoms with Gasteiger partial charge in [-0.25, -0.2) is 0 Å². The van der Waals surface area contributed by atoms with Crippen molar-refractivity contribution in [3.63, 3.8) is 0 Å². The smallest absolute Gasteiger partial charge is 0.314 e. The normalized spacial score (nSPS) is 23.4. The van der Waals surface area contributed by atoms with Crippen molar-refractivity contribution in [2.75, 3.05) is 0 Å². The van der Waals surface area contributed by atoms with Gasteiger partial charge in [-0.1, -0.05) is 42.5 Å². The molecule has 6 heteroatoms. The van der Waals surface area contributed by atoms with Gasteiger partial charge in [0.2, 0.25) is 0 Å². The van der Waals surface area contributed by atoms with Crippen LogP contribution in [-0.4, -0.2) is 27.1 Å². The van der Waals surface area contributed by atoms with Crippen molar-refractivity contribution in [1.82, 2.24) is 4.98 Å². The molecular formula is C24H23NO5. The fourth-order valence-electron chi connectivity index (χ4n) is 4.23. The number of ether oxygens (including phenoxy) is 1. The maximum atomic E-state index is 12.5. The van der Waals surface area contributed by atoms with Gasteiger partial charge >= 0.3 is 11.9 Å². The van der Waals surface area contributed by atoms with Crippen LogP contribution in [0.2, 0.25) is 0 Å². The van der Waals surface area contributed by atoms with Crippen LogP contribution in [0.4, 0.5) is 0 Å². The summed E-state index contributed by atoms with van der Waals surface area (Å²) in [6.45, 7) is 1.96. The number of hydrogen-bond acceptors (Lipinski definition) is 3. The third-order valence-corrected chi connectivity index (χ3v) is 5.94. The molecule has 0 radical (unpaired) electrons. The Balaban J connectivity index is 1.73. The predicted octanol–water partition coefficient (Wildman–Crippen LogP) is 4.51. The molecule has 0 aliphatic heterocycles. The summed E-state index contributed by atoms with van der Waals surface area (Å²) in [7, 11) is 0. The Morgan fingerprint density at radius 1 is 1.10 bits per heavy atom. The predicted molar refractivity (Wildman–Crippen MR) is 113 cm³/mol. The summed E-state index contributed by atoms with van der Waals surface area (Å²) >= 11 is 0. The highest BCUT2D eigenvalue weighted by Crippen LogP contribution is 2.47. The lowest BCUT2D eigenvalue weighted by atomic mass is 9.63. The lowest BCUT2D eigenvalue weighted by molar-refractivity contribution is -0.151. The summed E-state index contributed by atoms with van der Waals surface area (Å²) in [6.07, 6.45) is 5.15. The van der Waals surface area contributed by atoms with Gasteiger partial charge in [0.15, 0.2) is 0 Å². The summed E-state index contributed by atoms with van der Waals surface area (Å²) in [5.41, 5.74) is -0.195. The molecule has 0 amide bonds. The van der Waals surface area contributed by atoms with Gasteiger partial charge in [0.25, 0.3) is 0 Å². The first-order valence-corrected chi connectivity index (χ1v) is 9.77. The molecular weight excluding hydrogens is 382 g/mol. The molecule has 1 aliphatic rings. The van der Waals surface area contributed by atoms with E-state index in [0.717, 1.165) is 16.5 Å². The first-order chi connectivity index (χ1) is 14.3. The van der Waals surface area contributed by atoms with Crippen LogP contribution in [0.3, 0.4) is 0 Å². The van der Waals surface area contributed by atoms with Gasteiger partial charge in [-0.3, -0.25) is 9.59 Å². The van der Waals surface area contributed by atoms with Crippen LogP contribution < -0.4 is 4.74 Å². The number of aliphatic carboxylic acids is 2. The summed E-state index contributed by atoms with van der Waals surface area (Å²) in [5.74, 6) is -1.44. The van der Waals surface area contributed by atoms with Crippen LogP contribution in [-0.2, 0) is 21.6 Å². The highest BCUT2D eigenvalue weighted by atomic mass is 16.5. The van der Waals surface area contributed by atoms with Gasteiger partial charge in [0.1, 0.15) is 12.4 Å². The molecule has 2 unspecified atom stereocenters. The van der Waals surface area contributed by atoms with E-state index in [2.05, 4.69) is 4.98 Å².